The summed E-state index contributed by atoms with van der Waals surface area (Å²) in [6.45, 7) is 4.53. The van der Waals surface area contributed by atoms with Gasteiger partial charge in [-0.3, -0.25) is 4.79 Å². The van der Waals surface area contributed by atoms with Crippen molar-refractivity contribution in [1.82, 2.24) is 0 Å². The molecule has 4 nitrogen and oxygen atoms in total. The summed E-state index contributed by atoms with van der Waals surface area (Å²) in [5, 5.41) is 2.84. The van der Waals surface area contributed by atoms with E-state index in [4.69, 9.17) is 10.5 Å². The molecule has 1 amide bonds. The van der Waals surface area contributed by atoms with Gasteiger partial charge in [0.2, 0.25) is 5.91 Å². The molecule has 0 aliphatic carbocycles. The first-order valence-corrected chi connectivity index (χ1v) is 6.22. The maximum atomic E-state index is 11.9. The Kier molecular flexibility index (Phi) is 8.39. The normalized spacial score (nSPS) is 13.3. The van der Waals surface area contributed by atoms with Gasteiger partial charge >= 0.3 is 0 Å². The molecule has 19 heavy (non-hydrogen) atoms. The third kappa shape index (κ3) is 5.59. The number of carbonyl (C=O) groups is 1. The van der Waals surface area contributed by atoms with Crippen molar-refractivity contribution in [1.29, 1.82) is 0 Å². The van der Waals surface area contributed by atoms with Gasteiger partial charge in [0.15, 0.2) is 0 Å². The molecule has 1 rings (SSSR count). The average Bonchev–Trinajstić information content (AvgIpc) is 2.37. The third-order valence-corrected chi connectivity index (χ3v) is 3.07. The van der Waals surface area contributed by atoms with Crippen LogP contribution in [0.15, 0.2) is 24.3 Å². The maximum Gasteiger partial charge on any atom is 0.241 e. The van der Waals surface area contributed by atoms with Crippen molar-refractivity contribution in [3.63, 3.8) is 0 Å². The zero-order chi connectivity index (χ0) is 13.5. The summed E-state index contributed by atoms with van der Waals surface area (Å²) >= 11 is 0. The molecule has 108 valence electrons. The monoisotopic (exact) mass is 286 g/mol. The van der Waals surface area contributed by atoms with Crippen molar-refractivity contribution in [2.75, 3.05) is 12.4 Å². The van der Waals surface area contributed by atoms with Crippen molar-refractivity contribution < 1.29 is 9.53 Å². The summed E-state index contributed by atoms with van der Waals surface area (Å²) in [6, 6.07) is 7.11. The first-order valence-electron chi connectivity index (χ1n) is 6.22. The van der Waals surface area contributed by atoms with E-state index in [1.54, 1.807) is 7.11 Å². The molecule has 1 aromatic carbocycles. The zero-order valence-corrected chi connectivity index (χ0v) is 12.5. The Bertz CT molecular complexity index is 399. The molecule has 0 fully saturated rings. The molecule has 0 spiro atoms. The molecule has 0 saturated carbocycles. The summed E-state index contributed by atoms with van der Waals surface area (Å²) in [5.74, 6) is 0.0334. The minimum absolute atomic E-state index is 0. The van der Waals surface area contributed by atoms with Crippen LogP contribution in [0, 0.1) is 5.92 Å². The first-order chi connectivity index (χ1) is 8.58. The van der Waals surface area contributed by atoms with Crippen LogP contribution in [-0.4, -0.2) is 19.1 Å². The van der Waals surface area contributed by atoms with Gasteiger partial charge in [0.25, 0.3) is 0 Å². The van der Waals surface area contributed by atoms with E-state index in [-0.39, 0.29) is 24.2 Å². The number of anilines is 1. The van der Waals surface area contributed by atoms with Gasteiger partial charge in [-0.15, -0.1) is 12.4 Å². The first kappa shape index (κ1) is 17.9. The number of carbonyl (C=O) groups excluding carboxylic acids is 1. The van der Waals surface area contributed by atoms with Gasteiger partial charge in [0.05, 0.1) is 12.6 Å². The summed E-state index contributed by atoms with van der Waals surface area (Å²) < 4.78 is 5.05. The van der Waals surface area contributed by atoms with Crippen LogP contribution >= 0.6 is 12.4 Å². The van der Waals surface area contributed by atoms with Crippen LogP contribution in [0.2, 0.25) is 0 Å². The zero-order valence-electron chi connectivity index (χ0n) is 11.7. The Balaban J connectivity index is 0.00000324. The molecule has 0 radical (unpaired) electrons. The highest BCUT2D eigenvalue weighted by atomic mass is 35.5. The fourth-order valence-electron chi connectivity index (χ4n) is 1.64. The molecule has 0 aliphatic rings. The number of nitrogens with two attached hydrogens (primary N) is 1. The van der Waals surface area contributed by atoms with Crippen molar-refractivity contribution in [2.24, 2.45) is 11.7 Å². The standard InChI is InChI=1S/C14H22N2O2.ClH/c1-4-10(2)13(15)14(17)16-12-7-5-6-11(8-12)9-18-3;/h5-8,10,13H,4,9,15H2,1-3H3,(H,16,17);1H. The van der Waals surface area contributed by atoms with Crippen LogP contribution in [0.25, 0.3) is 0 Å². The molecular weight excluding hydrogens is 264 g/mol. The van der Waals surface area contributed by atoms with E-state index in [2.05, 4.69) is 5.32 Å². The van der Waals surface area contributed by atoms with E-state index in [0.29, 0.717) is 6.61 Å². The SMILES string of the molecule is CCC(C)C(N)C(=O)Nc1cccc(COC)c1.Cl. The summed E-state index contributed by atoms with van der Waals surface area (Å²) in [7, 11) is 1.64. The van der Waals surface area contributed by atoms with E-state index in [9.17, 15) is 4.79 Å². The predicted molar refractivity (Wildman–Crippen MR) is 80.5 cm³/mol. The Hall–Kier alpha value is -1.10. The number of benzene rings is 1. The molecule has 2 atom stereocenters. The van der Waals surface area contributed by atoms with E-state index < -0.39 is 6.04 Å². The highest BCUT2D eigenvalue weighted by Gasteiger charge is 2.19. The second kappa shape index (κ2) is 8.91. The van der Waals surface area contributed by atoms with Gasteiger partial charge in [0.1, 0.15) is 0 Å². The van der Waals surface area contributed by atoms with E-state index in [1.165, 1.54) is 0 Å². The number of hydrogen-bond acceptors (Lipinski definition) is 3. The molecular formula is C14H23ClN2O2. The number of amides is 1. The molecule has 0 aliphatic heterocycles. The van der Waals surface area contributed by atoms with Gasteiger partial charge < -0.3 is 15.8 Å². The van der Waals surface area contributed by atoms with E-state index in [1.807, 2.05) is 38.1 Å². The lowest BCUT2D eigenvalue weighted by Crippen LogP contribution is -2.40. The van der Waals surface area contributed by atoms with Gasteiger partial charge in [0, 0.05) is 12.8 Å². The molecule has 0 heterocycles. The van der Waals surface area contributed by atoms with Crippen LogP contribution < -0.4 is 11.1 Å². The lowest BCUT2D eigenvalue weighted by Gasteiger charge is -2.18. The van der Waals surface area contributed by atoms with Crippen LogP contribution in [0.5, 0.6) is 0 Å². The second-order valence-electron chi connectivity index (χ2n) is 4.53. The maximum absolute atomic E-state index is 11.9. The van der Waals surface area contributed by atoms with Crippen molar-refractivity contribution in [2.45, 2.75) is 32.9 Å². The van der Waals surface area contributed by atoms with Crippen LogP contribution in [0.4, 0.5) is 5.69 Å². The topological polar surface area (TPSA) is 64.4 Å². The number of halogens is 1. The van der Waals surface area contributed by atoms with Crippen LogP contribution in [-0.2, 0) is 16.1 Å². The Morgan fingerprint density at radius 2 is 2.16 bits per heavy atom. The lowest BCUT2D eigenvalue weighted by molar-refractivity contribution is -0.118. The number of hydrogen-bond donors (Lipinski definition) is 2. The van der Waals surface area contributed by atoms with Gasteiger partial charge in [-0.05, 0) is 23.6 Å². The fourth-order valence-corrected chi connectivity index (χ4v) is 1.64. The highest BCUT2D eigenvalue weighted by Crippen LogP contribution is 2.13. The van der Waals surface area contributed by atoms with Gasteiger partial charge in [-0.2, -0.15) is 0 Å². The molecule has 1 aromatic rings. The molecule has 0 bridgehead atoms. The molecule has 5 heteroatoms. The minimum atomic E-state index is -0.471. The summed E-state index contributed by atoms with van der Waals surface area (Å²) in [6.07, 6.45) is 0.887. The molecule has 3 N–H and O–H groups in total. The Morgan fingerprint density at radius 1 is 1.47 bits per heavy atom. The van der Waals surface area contributed by atoms with Crippen molar-refractivity contribution >= 4 is 24.0 Å². The third-order valence-electron chi connectivity index (χ3n) is 3.07. The van der Waals surface area contributed by atoms with Crippen molar-refractivity contribution in [3.05, 3.63) is 29.8 Å². The number of nitrogens with one attached hydrogen (secondary N) is 1. The second-order valence-corrected chi connectivity index (χ2v) is 4.53. The number of ether oxygens (including phenoxy) is 1. The Labute approximate surface area is 121 Å². The van der Waals surface area contributed by atoms with E-state index in [0.717, 1.165) is 17.7 Å². The fraction of sp³-hybridized carbons (Fsp3) is 0.500. The quantitative estimate of drug-likeness (QED) is 0.845. The molecule has 2 unspecified atom stereocenters. The van der Waals surface area contributed by atoms with Crippen LogP contribution in [0.1, 0.15) is 25.8 Å². The molecule has 0 saturated heterocycles. The number of methoxy groups -OCH3 is 1. The summed E-state index contributed by atoms with van der Waals surface area (Å²) in [5.41, 5.74) is 7.66. The average molecular weight is 287 g/mol. The Morgan fingerprint density at radius 3 is 2.74 bits per heavy atom. The van der Waals surface area contributed by atoms with Gasteiger partial charge in [-0.1, -0.05) is 32.4 Å². The van der Waals surface area contributed by atoms with Crippen LogP contribution in [0.3, 0.4) is 0 Å². The minimum Gasteiger partial charge on any atom is -0.380 e. The smallest absolute Gasteiger partial charge is 0.241 e. The predicted octanol–water partition coefficient (Wildman–Crippen LogP) is 2.57. The highest BCUT2D eigenvalue weighted by molar-refractivity contribution is 5.94. The van der Waals surface area contributed by atoms with E-state index >= 15 is 0 Å². The van der Waals surface area contributed by atoms with Crippen molar-refractivity contribution in [3.8, 4) is 0 Å². The van der Waals surface area contributed by atoms with Gasteiger partial charge in [-0.25, -0.2) is 0 Å². The molecule has 0 aromatic heterocycles. The largest absolute Gasteiger partial charge is 0.380 e. The summed E-state index contributed by atoms with van der Waals surface area (Å²) in [4.78, 5) is 11.9. The number of rotatable bonds is 6. The lowest BCUT2D eigenvalue weighted by atomic mass is 9.99.